The van der Waals surface area contributed by atoms with Gasteiger partial charge in [0.15, 0.2) is 5.82 Å². The second-order valence-corrected chi connectivity index (χ2v) is 9.83. The third-order valence-corrected chi connectivity index (χ3v) is 7.40. The molecule has 0 aliphatic heterocycles. The number of nitrogens with one attached hydrogen (secondary N) is 1. The first kappa shape index (κ1) is 23.1. The molecule has 6 rings (SSSR count). The van der Waals surface area contributed by atoms with Crippen LogP contribution < -0.4 is 16.6 Å². The second-order valence-electron chi connectivity index (χ2n) is 8.94. The van der Waals surface area contributed by atoms with Crippen LogP contribution >= 0.6 is 11.3 Å². The topological polar surface area (TPSA) is 85.8 Å². The lowest BCUT2D eigenvalue weighted by Gasteiger charge is -2.22. The van der Waals surface area contributed by atoms with Gasteiger partial charge in [0.1, 0.15) is 5.52 Å². The Hall–Kier alpha value is -4.33. The number of nitrogens with two attached hydrogens (primary N) is 1. The van der Waals surface area contributed by atoms with Crippen molar-refractivity contribution < 1.29 is 0 Å². The van der Waals surface area contributed by atoms with Crippen molar-refractivity contribution in [3.05, 3.63) is 118 Å². The van der Waals surface area contributed by atoms with E-state index in [9.17, 15) is 4.79 Å². The summed E-state index contributed by atoms with van der Waals surface area (Å²) >= 11 is 1.58. The molecule has 0 spiro atoms. The van der Waals surface area contributed by atoms with E-state index >= 15 is 0 Å². The van der Waals surface area contributed by atoms with Gasteiger partial charge >= 0.3 is 0 Å². The van der Waals surface area contributed by atoms with Crippen molar-refractivity contribution >= 4 is 38.1 Å². The number of fused-ring (bicyclic) bond motifs is 2. The largest absolute Gasteiger partial charge is 0.360 e. The number of nitrogens with zero attached hydrogens (tertiary/aromatic N) is 3. The number of thiazole rings is 1. The zero-order valence-electron chi connectivity index (χ0n) is 20.3. The Morgan fingerprint density at radius 1 is 0.973 bits per heavy atom. The number of pyridine rings is 2. The van der Waals surface area contributed by atoms with Gasteiger partial charge in [-0.15, -0.1) is 11.3 Å². The van der Waals surface area contributed by atoms with E-state index in [1.54, 1.807) is 22.1 Å². The molecule has 7 heteroatoms. The Balaban J connectivity index is 1.57. The third-order valence-electron chi connectivity index (χ3n) is 6.61. The number of para-hydroxylation sites is 1. The molecule has 182 valence electrons. The fraction of sp³-hybridized carbons (Fsp3) is 0.100. The number of aromatic nitrogens is 3. The quantitative estimate of drug-likeness (QED) is 0.279. The van der Waals surface area contributed by atoms with Crippen LogP contribution in [0.2, 0.25) is 0 Å². The van der Waals surface area contributed by atoms with Crippen LogP contribution in [-0.4, -0.2) is 14.5 Å². The fourth-order valence-electron chi connectivity index (χ4n) is 4.83. The Kier molecular flexibility index (Phi) is 6.00. The van der Waals surface area contributed by atoms with Gasteiger partial charge in [-0.05, 0) is 59.3 Å². The van der Waals surface area contributed by atoms with E-state index in [4.69, 9.17) is 5.73 Å². The van der Waals surface area contributed by atoms with Crippen LogP contribution in [0.15, 0.2) is 101 Å². The second kappa shape index (κ2) is 9.61. The minimum Gasteiger partial charge on any atom is -0.360 e. The Labute approximate surface area is 218 Å². The van der Waals surface area contributed by atoms with E-state index in [1.807, 2.05) is 85.2 Å². The lowest BCUT2D eigenvalue weighted by molar-refractivity contribution is 0.774. The first-order valence-corrected chi connectivity index (χ1v) is 13.0. The van der Waals surface area contributed by atoms with Crippen molar-refractivity contribution in [3.63, 3.8) is 0 Å². The van der Waals surface area contributed by atoms with Gasteiger partial charge < -0.3 is 11.1 Å². The zero-order valence-corrected chi connectivity index (χ0v) is 21.1. The molecule has 6 aromatic rings. The first-order valence-electron chi connectivity index (χ1n) is 12.1. The molecule has 0 radical (unpaired) electrons. The molecular weight excluding hydrogens is 478 g/mol. The highest BCUT2D eigenvalue weighted by Gasteiger charge is 2.20. The van der Waals surface area contributed by atoms with Crippen molar-refractivity contribution in [2.45, 2.75) is 19.5 Å². The molecule has 3 heterocycles. The van der Waals surface area contributed by atoms with Crippen LogP contribution in [-0.2, 0) is 6.54 Å². The highest BCUT2D eigenvalue weighted by atomic mass is 32.1. The molecule has 3 N–H and O–H groups in total. The Morgan fingerprint density at radius 2 is 1.81 bits per heavy atom. The SMILES string of the molecule is C[C@H](Nc1nccc2scnc12)c1cc2cccc(-c3cccc(CN)c3)c2c(=O)n1-c1ccccc1. The summed E-state index contributed by atoms with van der Waals surface area (Å²) in [5.41, 5.74) is 13.0. The van der Waals surface area contributed by atoms with Gasteiger partial charge in [-0.1, -0.05) is 54.6 Å². The fourth-order valence-corrected chi connectivity index (χ4v) is 5.50. The van der Waals surface area contributed by atoms with Gasteiger partial charge in [0, 0.05) is 24.1 Å². The van der Waals surface area contributed by atoms with Gasteiger partial charge in [-0.2, -0.15) is 0 Å². The summed E-state index contributed by atoms with van der Waals surface area (Å²) in [6.45, 7) is 2.49. The van der Waals surface area contributed by atoms with Crippen LogP contribution in [0.1, 0.15) is 24.2 Å². The van der Waals surface area contributed by atoms with Crippen LogP contribution in [0.4, 0.5) is 5.82 Å². The van der Waals surface area contributed by atoms with Crippen molar-refractivity contribution in [2.75, 3.05) is 5.32 Å². The van der Waals surface area contributed by atoms with Gasteiger partial charge in [0.25, 0.3) is 5.56 Å². The lowest BCUT2D eigenvalue weighted by Crippen LogP contribution is -2.26. The maximum Gasteiger partial charge on any atom is 0.263 e. The molecule has 37 heavy (non-hydrogen) atoms. The first-order chi connectivity index (χ1) is 18.1. The Bertz CT molecular complexity index is 1790. The molecule has 1 atom stereocenters. The predicted octanol–water partition coefficient (Wildman–Crippen LogP) is 6.29. The number of hydrogen-bond acceptors (Lipinski definition) is 6. The van der Waals surface area contributed by atoms with E-state index in [-0.39, 0.29) is 11.6 Å². The minimum atomic E-state index is -0.221. The molecule has 0 saturated heterocycles. The summed E-state index contributed by atoms with van der Waals surface area (Å²) in [7, 11) is 0. The molecule has 3 aromatic heterocycles. The van der Waals surface area contributed by atoms with Crippen molar-refractivity contribution in [3.8, 4) is 16.8 Å². The molecule has 0 amide bonds. The average Bonchev–Trinajstić information content (AvgIpc) is 3.43. The molecule has 0 aliphatic rings. The third kappa shape index (κ3) is 4.18. The summed E-state index contributed by atoms with van der Waals surface area (Å²) < 4.78 is 2.87. The summed E-state index contributed by atoms with van der Waals surface area (Å²) in [6.07, 6.45) is 1.78. The highest BCUT2D eigenvalue weighted by molar-refractivity contribution is 7.16. The van der Waals surface area contributed by atoms with Crippen molar-refractivity contribution in [1.82, 2.24) is 14.5 Å². The molecule has 0 saturated carbocycles. The Morgan fingerprint density at radius 3 is 2.65 bits per heavy atom. The number of hydrogen-bond donors (Lipinski definition) is 2. The molecule has 0 fully saturated rings. The molecule has 0 aliphatic carbocycles. The maximum absolute atomic E-state index is 14.3. The van der Waals surface area contributed by atoms with Crippen LogP contribution in [0, 0.1) is 0 Å². The van der Waals surface area contributed by atoms with Crippen molar-refractivity contribution in [1.29, 1.82) is 0 Å². The van der Waals surface area contributed by atoms with Crippen LogP contribution in [0.5, 0.6) is 0 Å². The van der Waals surface area contributed by atoms with E-state index in [1.165, 1.54) is 0 Å². The standard InChI is InChI=1S/C30H25N5OS/c1-19(34-29-28-26(13-14-32-29)37-18-33-28)25-16-22-9-6-12-24(21-8-5-7-20(15-21)17-31)27(22)30(36)35(25)23-10-3-2-4-11-23/h2-16,18-19H,17,31H2,1H3,(H,32,34)/t19-/m0/s1. The summed E-state index contributed by atoms with van der Waals surface area (Å²) in [4.78, 5) is 23.3. The average molecular weight is 504 g/mol. The van der Waals surface area contributed by atoms with Crippen LogP contribution in [0.25, 0.3) is 37.8 Å². The summed E-state index contributed by atoms with van der Waals surface area (Å²) in [6, 6.07) is 27.7. The van der Waals surface area contributed by atoms with E-state index in [0.717, 1.165) is 43.7 Å². The zero-order chi connectivity index (χ0) is 25.4. The van der Waals surface area contributed by atoms with E-state index in [0.29, 0.717) is 17.7 Å². The van der Waals surface area contributed by atoms with Gasteiger partial charge in [0.2, 0.25) is 0 Å². The molecule has 6 nitrogen and oxygen atoms in total. The normalized spacial score (nSPS) is 12.2. The van der Waals surface area contributed by atoms with E-state index < -0.39 is 0 Å². The maximum atomic E-state index is 14.3. The number of rotatable bonds is 6. The molecular formula is C30H25N5OS. The molecule has 0 bridgehead atoms. The lowest BCUT2D eigenvalue weighted by atomic mass is 9.96. The smallest absolute Gasteiger partial charge is 0.263 e. The van der Waals surface area contributed by atoms with Gasteiger partial charge in [-0.3, -0.25) is 9.36 Å². The summed E-state index contributed by atoms with van der Waals surface area (Å²) in [5.74, 6) is 0.700. The van der Waals surface area contributed by atoms with Gasteiger partial charge in [-0.25, -0.2) is 9.97 Å². The number of benzene rings is 3. The molecule has 0 unspecified atom stereocenters. The molecule has 3 aromatic carbocycles. The monoisotopic (exact) mass is 503 g/mol. The minimum absolute atomic E-state index is 0.0686. The van der Waals surface area contributed by atoms with E-state index in [2.05, 4.69) is 27.4 Å². The van der Waals surface area contributed by atoms with Crippen molar-refractivity contribution in [2.24, 2.45) is 5.73 Å². The van der Waals surface area contributed by atoms with Crippen LogP contribution in [0.3, 0.4) is 0 Å². The highest BCUT2D eigenvalue weighted by Crippen LogP contribution is 2.31. The van der Waals surface area contributed by atoms with Gasteiger partial charge in [0.05, 0.1) is 21.6 Å². The predicted molar refractivity (Wildman–Crippen MR) is 152 cm³/mol. The summed E-state index contributed by atoms with van der Waals surface area (Å²) in [5, 5.41) is 5.07. The number of anilines is 1.